The summed E-state index contributed by atoms with van der Waals surface area (Å²) >= 11 is 0. The molecule has 0 aliphatic carbocycles. The highest BCUT2D eigenvalue weighted by Crippen LogP contribution is 2.45. The Morgan fingerprint density at radius 1 is 1.50 bits per heavy atom. The monoisotopic (exact) mass is 354 g/mol. The molecule has 1 aliphatic rings. The quantitative estimate of drug-likeness (QED) is 0.661. The number of aromatic amines is 1. The first-order valence-electron chi connectivity index (χ1n) is 7.89. The highest BCUT2D eigenvalue weighted by molar-refractivity contribution is 6.69. The average molecular weight is 354 g/mol. The second-order valence-corrected chi connectivity index (χ2v) is 11.5. The van der Waals surface area contributed by atoms with E-state index in [2.05, 4.69) is 5.92 Å². The van der Waals surface area contributed by atoms with Gasteiger partial charge in [0, 0.05) is 5.92 Å². The van der Waals surface area contributed by atoms with Crippen molar-refractivity contribution in [2.45, 2.75) is 57.8 Å². The number of terminal acetylenes is 1. The van der Waals surface area contributed by atoms with Crippen molar-refractivity contribution >= 4 is 8.32 Å². The predicted octanol–water partition coefficient (Wildman–Crippen LogP) is 1.84. The van der Waals surface area contributed by atoms with Crippen LogP contribution in [-0.4, -0.2) is 29.6 Å². The van der Waals surface area contributed by atoms with Gasteiger partial charge in [-0.3, -0.25) is 14.3 Å². The van der Waals surface area contributed by atoms with Crippen LogP contribution in [0, 0.1) is 24.1 Å². The van der Waals surface area contributed by atoms with Gasteiger partial charge in [0.15, 0.2) is 14.5 Å². The topological polar surface area (TPSA) is 73.3 Å². The summed E-state index contributed by atoms with van der Waals surface area (Å²) in [5, 5.41) is 0. The number of ether oxygens (including phenoxy) is 1. The normalized spacial score (nSPS) is 30.3. The fraction of sp³-hybridized carbons (Fsp3) is 0.625. The Morgan fingerprint density at radius 2 is 2.12 bits per heavy atom. The standard InChI is InChI=1S/C16H23FN2O4Si/c1-7-16(8-2)10(3)12(23-24(4,5)6)14(22-16)19-9-11(17)13(20)18-15(19)21/h1,9-10,12,14H,8H2,2-6H3,(H,18,20,21)/t10-,12-,14+,16+/m0/s1. The SMILES string of the molecule is C#C[C@]1(CC)O[C@@H](n2cc(F)c(=O)[nH]c2=O)[C@@H](O[Si](C)(C)C)[C@@H]1C. The van der Waals surface area contributed by atoms with Crippen LogP contribution in [0.3, 0.4) is 0 Å². The molecule has 1 fully saturated rings. The number of hydrogen-bond acceptors (Lipinski definition) is 4. The molecule has 0 saturated carbocycles. The molecule has 0 spiro atoms. The van der Waals surface area contributed by atoms with Crippen LogP contribution in [0.2, 0.25) is 19.6 Å². The maximum absolute atomic E-state index is 13.7. The minimum Gasteiger partial charge on any atom is -0.410 e. The Balaban J connectivity index is 2.57. The Bertz CT molecular complexity index is 776. The van der Waals surface area contributed by atoms with Crippen molar-refractivity contribution in [3.63, 3.8) is 0 Å². The van der Waals surface area contributed by atoms with Crippen molar-refractivity contribution in [2.24, 2.45) is 5.92 Å². The number of halogens is 1. The van der Waals surface area contributed by atoms with E-state index in [0.717, 1.165) is 10.8 Å². The van der Waals surface area contributed by atoms with Crippen LogP contribution in [0.25, 0.3) is 0 Å². The number of nitrogens with zero attached hydrogens (tertiary/aromatic N) is 1. The van der Waals surface area contributed by atoms with Crippen molar-refractivity contribution in [2.75, 3.05) is 0 Å². The van der Waals surface area contributed by atoms with E-state index in [4.69, 9.17) is 15.6 Å². The summed E-state index contributed by atoms with van der Waals surface area (Å²) in [5.74, 6) is 1.40. The first-order chi connectivity index (χ1) is 11.0. The molecule has 8 heteroatoms. The fourth-order valence-electron chi connectivity index (χ4n) is 3.01. The first kappa shape index (κ1) is 18.6. The molecule has 2 rings (SSSR count). The molecule has 6 nitrogen and oxygen atoms in total. The summed E-state index contributed by atoms with van der Waals surface area (Å²) < 4.78 is 26.9. The van der Waals surface area contributed by atoms with Crippen molar-refractivity contribution < 1.29 is 13.6 Å². The van der Waals surface area contributed by atoms with Crippen molar-refractivity contribution in [3.8, 4) is 12.3 Å². The summed E-state index contributed by atoms with van der Waals surface area (Å²) in [4.78, 5) is 25.4. The minimum absolute atomic E-state index is 0.203. The van der Waals surface area contributed by atoms with Gasteiger partial charge in [0.1, 0.15) is 5.60 Å². The largest absolute Gasteiger partial charge is 0.410 e. The summed E-state index contributed by atoms with van der Waals surface area (Å²) in [5.41, 5.74) is -2.74. The Labute approximate surface area is 141 Å². The lowest BCUT2D eigenvalue weighted by Crippen LogP contribution is -2.43. The van der Waals surface area contributed by atoms with Crippen molar-refractivity contribution in [1.82, 2.24) is 9.55 Å². The van der Waals surface area contributed by atoms with Crippen LogP contribution in [0.5, 0.6) is 0 Å². The number of hydrogen-bond donors (Lipinski definition) is 1. The van der Waals surface area contributed by atoms with E-state index in [1.54, 1.807) is 0 Å². The maximum atomic E-state index is 13.7. The molecular weight excluding hydrogens is 331 g/mol. The molecule has 1 aliphatic heterocycles. The third-order valence-corrected chi connectivity index (χ3v) is 5.28. The van der Waals surface area contributed by atoms with Gasteiger partial charge in [0.2, 0.25) is 5.82 Å². The lowest BCUT2D eigenvalue weighted by molar-refractivity contribution is -0.0657. The number of H-pyrrole nitrogens is 1. The van der Waals surface area contributed by atoms with E-state index in [1.165, 1.54) is 0 Å². The van der Waals surface area contributed by atoms with Gasteiger partial charge in [-0.1, -0.05) is 19.8 Å². The second-order valence-electron chi connectivity index (χ2n) is 7.02. The Morgan fingerprint density at radius 3 is 2.62 bits per heavy atom. The van der Waals surface area contributed by atoms with E-state index in [-0.39, 0.29) is 5.92 Å². The molecular formula is C16H23FN2O4Si. The van der Waals surface area contributed by atoms with Crippen molar-refractivity contribution in [1.29, 1.82) is 0 Å². The molecule has 0 bridgehead atoms. The lowest BCUT2D eigenvalue weighted by Gasteiger charge is -2.30. The van der Waals surface area contributed by atoms with Crippen LogP contribution in [0.4, 0.5) is 4.39 Å². The van der Waals surface area contributed by atoms with Crippen LogP contribution >= 0.6 is 0 Å². The summed E-state index contributed by atoms with van der Waals surface area (Å²) in [6.45, 7) is 9.82. The molecule has 1 saturated heterocycles. The molecule has 24 heavy (non-hydrogen) atoms. The van der Waals surface area contributed by atoms with Gasteiger partial charge in [-0.05, 0) is 26.1 Å². The van der Waals surface area contributed by atoms with Crippen LogP contribution in [-0.2, 0) is 9.16 Å². The molecule has 1 aromatic heterocycles. The summed E-state index contributed by atoms with van der Waals surface area (Å²) in [6, 6.07) is 0. The third kappa shape index (κ3) is 3.24. The van der Waals surface area contributed by atoms with Gasteiger partial charge in [0.05, 0.1) is 12.3 Å². The van der Waals surface area contributed by atoms with Crippen LogP contribution in [0.15, 0.2) is 15.8 Å². The number of rotatable bonds is 4. The van der Waals surface area contributed by atoms with Gasteiger partial charge >= 0.3 is 5.69 Å². The zero-order valence-electron chi connectivity index (χ0n) is 14.6. The highest BCUT2D eigenvalue weighted by Gasteiger charge is 2.53. The van der Waals surface area contributed by atoms with E-state index < -0.39 is 43.3 Å². The van der Waals surface area contributed by atoms with E-state index in [0.29, 0.717) is 6.42 Å². The average Bonchev–Trinajstić information content (AvgIpc) is 2.75. The van der Waals surface area contributed by atoms with E-state index in [9.17, 15) is 14.0 Å². The van der Waals surface area contributed by atoms with Gasteiger partial charge < -0.3 is 9.16 Å². The number of nitrogens with one attached hydrogen (secondary N) is 1. The second kappa shape index (κ2) is 6.31. The smallest absolute Gasteiger partial charge is 0.330 e. The highest BCUT2D eigenvalue weighted by atomic mass is 28.4. The molecule has 1 aromatic rings. The lowest BCUT2D eigenvalue weighted by atomic mass is 9.85. The number of aromatic nitrogens is 2. The zero-order valence-corrected chi connectivity index (χ0v) is 15.6. The fourth-order valence-corrected chi connectivity index (χ4v) is 4.15. The molecule has 1 N–H and O–H groups in total. The van der Waals surface area contributed by atoms with Gasteiger partial charge in [-0.15, -0.1) is 6.42 Å². The third-order valence-electron chi connectivity index (χ3n) is 4.30. The van der Waals surface area contributed by atoms with Crippen molar-refractivity contribution in [3.05, 3.63) is 32.9 Å². The molecule has 0 aromatic carbocycles. The van der Waals surface area contributed by atoms with Gasteiger partial charge in [-0.2, -0.15) is 4.39 Å². The molecule has 4 atom stereocenters. The van der Waals surface area contributed by atoms with E-state index in [1.807, 2.05) is 38.5 Å². The van der Waals surface area contributed by atoms with Crippen LogP contribution < -0.4 is 11.2 Å². The van der Waals surface area contributed by atoms with Crippen LogP contribution in [0.1, 0.15) is 26.5 Å². The minimum atomic E-state index is -2.00. The molecule has 132 valence electrons. The molecule has 0 radical (unpaired) electrons. The van der Waals surface area contributed by atoms with Gasteiger partial charge in [0.25, 0.3) is 5.56 Å². The maximum Gasteiger partial charge on any atom is 0.330 e. The van der Waals surface area contributed by atoms with E-state index >= 15 is 0 Å². The molecule has 0 amide bonds. The first-order valence-corrected chi connectivity index (χ1v) is 11.3. The Hall–Kier alpha value is -1.69. The predicted molar refractivity (Wildman–Crippen MR) is 90.6 cm³/mol. The zero-order chi connectivity index (χ0) is 18.3. The summed E-state index contributed by atoms with van der Waals surface area (Å²) in [6.07, 6.45) is 5.64. The Kier molecular flexibility index (Phi) is 4.90. The summed E-state index contributed by atoms with van der Waals surface area (Å²) in [7, 11) is -2.00. The molecule has 2 heterocycles. The molecule has 0 unspecified atom stereocenters. The van der Waals surface area contributed by atoms with Gasteiger partial charge in [-0.25, -0.2) is 4.79 Å².